The van der Waals surface area contributed by atoms with Crippen molar-refractivity contribution < 1.29 is 9.59 Å². The molecule has 1 aromatic rings. The van der Waals surface area contributed by atoms with Gasteiger partial charge in [-0.2, -0.15) is 0 Å². The van der Waals surface area contributed by atoms with Crippen LogP contribution in [0.2, 0.25) is 0 Å². The van der Waals surface area contributed by atoms with Crippen molar-refractivity contribution in [1.29, 1.82) is 0 Å². The summed E-state index contributed by atoms with van der Waals surface area (Å²) in [6, 6.07) is 5.27. The molecular formula is C16H22N2O2. The number of aryl methyl sites for hydroxylation is 1. The molecule has 4 nitrogen and oxygen atoms in total. The van der Waals surface area contributed by atoms with Gasteiger partial charge >= 0.3 is 0 Å². The van der Waals surface area contributed by atoms with E-state index in [1.54, 1.807) is 11.0 Å². The van der Waals surface area contributed by atoms with Crippen LogP contribution in [0, 0.1) is 6.92 Å². The van der Waals surface area contributed by atoms with E-state index in [0.29, 0.717) is 17.8 Å². The van der Waals surface area contributed by atoms with Gasteiger partial charge in [-0.1, -0.05) is 32.4 Å². The molecule has 0 aromatic heterocycles. The predicted molar refractivity (Wildman–Crippen MR) is 79.8 cm³/mol. The number of carbonyl (C=O) groups excluding carboxylic acids is 2. The predicted octanol–water partition coefficient (Wildman–Crippen LogP) is 2.97. The fourth-order valence-corrected chi connectivity index (χ4v) is 2.70. The third kappa shape index (κ3) is 2.55. The van der Waals surface area contributed by atoms with Gasteiger partial charge in [-0.25, -0.2) is 0 Å². The van der Waals surface area contributed by atoms with E-state index in [1.165, 1.54) is 6.42 Å². The molecule has 0 saturated carbocycles. The summed E-state index contributed by atoms with van der Waals surface area (Å²) in [4.78, 5) is 26.1. The van der Waals surface area contributed by atoms with Gasteiger partial charge < -0.3 is 10.2 Å². The third-order valence-corrected chi connectivity index (χ3v) is 3.56. The summed E-state index contributed by atoms with van der Waals surface area (Å²) in [5, 5.41) is 2.86. The second-order valence-electron chi connectivity index (χ2n) is 5.35. The highest BCUT2D eigenvalue weighted by Gasteiger charge is 2.38. The zero-order valence-electron chi connectivity index (χ0n) is 12.4. The lowest BCUT2D eigenvalue weighted by Gasteiger charge is -2.20. The van der Waals surface area contributed by atoms with Crippen molar-refractivity contribution in [2.45, 2.75) is 46.1 Å². The van der Waals surface area contributed by atoms with Crippen LogP contribution >= 0.6 is 0 Å². The molecule has 2 aliphatic rings. The Morgan fingerprint density at radius 3 is 2.70 bits per heavy atom. The first-order chi connectivity index (χ1) is 9.60. The summed E-state index contributed by atoms with van der Waals surface area (Å²) in [7, 11) is 0. The second kappa shape index (κ2) is 6.07. The van der Waals surface area contributed by atoms with Crippen LogP contribution in [0.1, 0.15) is 49.0 Å². The monoisotopic (exact) mass is 274 g/mol. The first-order valence-corrected chi connectivity index (χ1v) is 7.31. The molecule has 1 N–H and O–H groups in total. The molecule has 2 amide bonds. The molecule has 4 heteroatoms. The van der Waals surface area contributed by atoms with Gasteiger partial charge in [0.25, 0.3) is 5.91 Å². The molecule has 1 saturated heterocycles. The van der Waals surface area contributed by atoms with Gasteiger partial charge in [-0.05, 0) is 31.4 Å². The average Bonchev–Trinajstić information content (AvgIpc) is 2.85. The molecular weight excluding hydrogens is 252 g/mol. The highest BCUT2D eigenvalue weighted by molar-refractivity contribution is 6.10. The minimum absolute atomic E-state index is 0.0149. The van der Waals surface area contributed by atoms with Crippen LogP contribution in [0.4, 0.5) is 5.69 Å². The SMILES string of the molecule is CCC.Cc1cccc2c1C(=O)N1CCCC1C(=O)N2. The Bertz CT molecular complexity index is 525. The molecule has 1 unspecified atom stereocenters. The summed E-state index contributed by atoms with van der Waals surface area (Å²) in [5.41, 5.74) is 2.21. The smallest absolute Gasteiger partial charge is 0.256 e. The maximum Gasteiger partial charge on any atom is 0.256 e. The summed E-state index contributed by atoms with van der Waals surface area (Å²) in [6.07, 6.45) is 2.93. The second-order valence-corrected chi connectivity index (χ2v) is 5.35. The Morgan fingerprint density at radius 2 is 2.00 bits per heavy atom. The Balaban J connectivity index is 0.000000452. The summed E-state index contributed by atoms with van der Waals surface area (Å²) in [5.74, 6) is -0.0702. The normalized spacial score (nSPS) is 20.4. The van der Waals surface area contributed by atoms with Crippen LogP contribution in [0.3, 0.4) is 0 Å². The number of anilines is 1. The van der Waals surface area contributed by atoms with Gasteiger partial charge in [0.05, 0.1) is 11.3 Å². The maximum absolute atomic E-state index is 12.4. The van der Waals surface area contributed by atoms with E-state index in [-0.39, 0.29) is 17.9 Å². The molecule has 0 spiro atoms. The Labute approximate surface area is 120 Å². The summed E-state index contributed by atoms with van der Waals surface area (Å²) >= 11 is 0. The molecule has 1 atom stereocenters. The fourth-order valence-electron chi connectivity index (χ4n) is 2.70. The molecule has 20 heavy (non-hydrogen) atoms. The van der Waals surface area contributed by atoms with Gasteiger partial charge in [0.15, 0.2) is 0 Å². The van der Waals surface area contributed by atoms with Crippen LogP contribution in [0.25, 0.3) is 0 Å². The van der Waals surface area contributed by atoms with E-state index in [1.807, 2.05) is 19.1 Å². The highest BCUT2D eigenvalue weighted by atomic mass is 16.2. The zero-order chi connectivity index (χ0) is 14.7. The lowest BCUT2D eigenvalue weighted by atomic mass is 10.1. The van der Waals surface area contributed by atoms with Crippen molar-refractivity contribution >= 4 is 17.5 Å². The summed E-state index contributed by atoms with van der Waals surface area (Å²) < 4.78 is 0. The first-order valence-electron chi connectivity index (χ1n) is 7.31. The van der Waals surface area contributed by atoms with Crippen molar-refractivity contribution in [3.63, 3.8) is 0 Å². The highest BCUT2D eigenvalue weighted by Crippen LogP contribution is 2.30. The Kier molecular flexibility index (Phi) is 4.42. The lowest BCUT2D eigenvalue weighted by molar-refractivity contribution is -0.119. The van der Waals surface area contributed by atoms with Crippen LogP contribution in [-0.4, -0.2) is 29.3 Å². The number of nitrogens with zero attached hydrogens (tertiary/aromatic N) is 1. The number of amides is 2. The number of hydrogen-bond donors (Lipinski definition) is 1. The van der Waals surface area contributed by atoms with E-state index in [9.17, 15) is 9.59 Å². The fraction of sp³-hybridized carbons (Fsp3) is 0.500. The number of carbonyl (C=O) groups is 2. The largest absolute Gasteiger partial charge is 0.327 e. The molecule has 0 bridgehead atoms. The van der Waals surface area contributed by atoms with Gasteiger partial charge in [0, 0.05) is 6.54 Å². The molecule has 2 heterocycles. The minimum atomic E-state index is -0.283. The van der Waals surface area contributed by atoms with Gasteiger partial charge in [0.2, 0.25) is 5.91 Å². The standard InChI is InChI=1S/C13H14N2O2.C3H8/c1-8-4-2-5-9-11(8)13(17)15-7-3-6-10(15)12(16)14-9;1-3-2/h2,4-5,10H,3,6-7H2,1H3,(H,14,16);3H2,1-2H3. The van der Waals surface area contributed by atoms with E-state index in [2.05, 4.69) is 19.2 Å². The molecule has 0 radical (unpaired) electrons. The van der Waals surface area contributed by atoms with Gasteiger partial charge in [-0.3, -0.25) is 9.59 Å². The number of rotatable bonds is 0. The van der Waals surface area contributed by atoms with Crippen molar-refractivity contribution in [1.82, 2.24) is 4.90 Å². The lowest BCUT2D eigenvalue weighted by Crippen LogP contribution is -2.40. The van der Waals surface area contributed by atoms with E-state index >= 15 is 0 Å². The van der Waals surface area contributed by atoms with Crippen molar-refractivity contribution in [3.05, 3.63) is 29.3 Å². The molecule has 2 aliphatic heterocycles. The van der Waals surface area contributed by atoms with E-state index in [0.717, 1.165) is 18.4 Å². The topological polar surface area (TPSA) is 49.4 Å². The number of fused-ring (bicyclic) bond motifs is 2. The molecule has 0 aliphatic carbocycles. The number of hydrogen-bond acceptors (Lipinski definition) is 2. The maximum atomic E-state index is 12.4. The molecule has 1 aromatic carbocycles. The summed E-state index contributed by atoms with van der Waals surface area (Å²) in [6.45, 7) is 6.84. The number of benzene rings is 1. The zero-order valence-corrected chi connectivity index (χ0v) is 12.4. The van der Waals surface area contributed by atoms with Crippen LogP contribution in [-0.2, 0) is 4.79 Å². The molecule has 3 rings (SSSR count). The molecule has 108 valence electrons. The quantitative estimate of drug-likeness (QED) is 0.790. The average molecular weight is 274 g/mol. The first kappa shape index (κ1) is 14.6. The Morgan fingerprint density at radius 1 is 1.30 bits per heavy atom. The van der Waals surface area contributed by atoms with Gasteiger partial charge in [-0.15, -0.1) is 0 Å². The van der Waals surface area contributed by atoms with E-state index < -0.39 is 0 Å². The van der Waals surface area contributed by atoms with Crippen molar-refractivity contribution in [2.24, 2.45) is 0 Å². The van der Waals surface area contributed by atoms with Crippen LogP contribution < -0.4 is 5.32 Å². The molecule has 1 fully saturated rings. The Hall–Kier alpha value is -1.84. The van der Waals surface area contributed by atoms with Crippen molar-refractivity contribution in [2.75, 3.05) is 11.9 Å². The number of nitrogens with one attached hydrogen (secondary N) is 1. The minimum Gasteiger partial charge on any atom is -0.327 e. The third-order valence-electron chi connectivity index (χ3n) is 3.56. The van der Waals surface area contributed by atoms with Crippen molar-refractivity contribution in [3.8, 4) is 0 Å². The van der Waals surface area contributed by atoms with E-state index in [4.69, 9.17) is 0 Å². The van der Waals surface area contributed by atoms with Crippen LogP contribution in [0.15, 0.2) is 18.2 Å². The van der Waals surface area contributed by atoms with Crippen LogP contribution in [0.5, 0.6) is 0 Å². The van der Waals surface area contributed by atoms with Gasteiger partial charge in [0.1, 0.15) is 6.04 Å².